The highest BCUT2D eigenvalue weighted by Gasteiger charge is 2.53. The first-order valence-corrected chi connectivity index (χ1v) is 16.9. The van der Waals surface area contributed by atoms with Gasteiger partial charge in [0.15, 0.2) is 0 Å². The molecule has 188 valence electrons. The number of nitrogens with one attached hydrogen (secondary N) is 1. The molecule has 1 saturated heterocycles. The molecule has 1 aliphatic heterocycles. The number of benzene rings is 1. The molecule has 1 aromatic carbocycles. The Morgan fingerprint density at radius 3 is 2.06 bits per heavy atom. The maximum atomic E-state index is 3.58. The summed E-state index contributed by atoms with van der Waals surface area (Å²) in [6, 6.07) is 7.50. The molecule has 3 heteroatoms. The van der Waals surface area contributed by atoms with Gasteiger partial charge in [0.05, 0.1) is 0 Å². The van der Waals surface area contributed by atoms with Crippen LogP contribution in [-0.2, 0) is 10.8 Å². The Balaban J connectivity index is 1.73. The molecule has 0 amide bonds. The molecule has 2 aliphatic carbocycles. The summed E-state index contributed by atoms with van der Waals surface area (Å²) in [5.74, 6) is 2.20. The number of piperazine rings is 1. The molecule has 0 spiro atoms. The van der Waals surface area contributed by atoms with Crippen LogP contribution in [0.2, 0.25) is 18.6 Å². The Labute approximate surface area is 211 Å². The number of hydrogen-bond donors (Lipinski definition) is 1. The zero-order valence-electron chi connectivity index (χ0n) is 23.5. The van der Waals surface area contributed by atoms with Gasteiger partial charge in [-0.15, -0.1) is 0 Å². The zero-order valence-corrected chi connectivity index (χ0v) is 24.5. The molecule has 4 unspecified atom stereocenters. The minimum absolute atomic E-state index is 0.155. The molecule has 1 aromatic rings. The van der Waals surface area contributed by atoms with Crippen LogP contribution in [0.15, 0.2) is 36.4 Å². The van der Waals surface area contributed by atoms with E-state index in [0.717, 1.165) is 24.5 Å². The van der Waals surface area contributed by atoms with E-state index in [1.807, 2.05) is 0 Å². The summed E-state index contributed by atoms with van der Waals surface area (Å²) < 4.78 is 2.92. The second-order valence-corrected chi connectivity index (χ2v) is 18.4. The van der Waals surface area contributed by atoms with Gasteiger partial charge in [0, 0.05) is 26.2 Å². The molecule has 1 saturated carbocycles. The Hall–Kier alpha value is -1.16. The molecular formula is C31H50N2Si. The van der Waals surface area contributed by atoms with Gasteiger partial charge in [0.25, 0.3) is 0 Å². The van der Waals surface area contributed by atoms with Crippen molar-refractivity contribution in [1.29, 1.82) is 0 Å². The molecule has 4 atom stereocenters. The van der Waals surface area contributed by atoms with Gasteiger partial charge in [-0.1, -0.05) is 104 Å². The third-order valence-corrected chi connectivity index (χ3v) is 13.8. The molecule has 1 N–H and O–H groups in total. The lowest BCUT2D eigenvalue weighted by molar-refractivity contribution is 0.337. The van der Waals surface area contributed by atoms with Crippen LogP contribution in [0.4, 0.5) is 0 Å². The summed E-state index contributed by atoms with van der Waals surface area (Å²) in [6.07, 6.45) is 10.1. The van der Waals surface area contributed by atoms with E-state index >= 15 is 0 Å². The summed E-state index contributed by atoms with van der Waals surface area (Å²) >= 11 is 0. The number of hydrogen-bond acceptors (Lipinski definition) is 2. The molecular weight excluding hydrogens is 428 g/mol. The van der Waals surface area contributed by atoms with Crippen molar-refractivity contribution in [2.75, 3.05) is 26.2 Å². The summed E-state index contributed by atoms with van der Waals surface area (Å²) in [7, 11) is -1.56. The highest BCUT2D eigenvalue weighted by molar-refractivity contribution is 6.76. The van der Waals surface area contributed by atoms with Crippen molar-refractivity contribution in [3.05, 3.63) is 53.1 Å². The van der Waals surface area contributed by atoms with Crippen molar-refractivity contribution in [3.63, 3.8) is 0 Å². The van der Waals surface area contributed by atoms with Gasteiger partial charge in [0.2, 0.25) is 0 Å². The van der Waals surface area contributed by atoms with E-state index in [9.17, 15) is 0 Å². The van der Waals surface area contributed by atoms with E-state index in [1.54, 1.807) is 5.57 Å². The predicted molar refractivity (Wildman–Crippen MR) is 152 cm³/mol. The SMILES string of the molecule is CCC1CC2C(c3cc(C(C)(C)C)cc(C(C)(C)C)c3)=CC=CC2C1[Si](C)(C)N1CCNCC1. The molecule has 2 fully saturated rings. The lowest BCUT2D eigenvalue weighted by Gasteiger charge is -2.47. The summed E-state index contributed by atoms with van der Waals surface area (Å²) in [5, 5.41) is 3.58. The third kappa shape index (κ3) is 4.90. The van der Waals surface area contributed by atoms with Crippen LogP contribution in [0.3, 0.4) is 0 Å². The average Bonchev–Trinajstić information content (AvgIpc) is 3.18. The van der Waals surface area contributed by atoms with E-state index in [-0.39, 0.29) is 10.8 Å². The van der Waals surface area contributed by atoms with Crippen molar-refractivity contribution in [1.82, 2.24) is 9.88 Å². The molecule has 0 radical (unpaired) electrons. The summed E-state index contributed by atoms with van der Waals surface area (Å²) in [6.45, 7) is 26.7. The maximum Gasteiger partial charge on any atom is 0.126 e. The van der Waals surface area contributed by atoms with Crippen LogP contribution in [0.25, 0.3) is 5.57 Å². The van der Waals surface area contributed by atoms with Gasteiger partial charge in [-0.2, -0.15) is 0 Å². The first kappa shape index (κ1) is 25.9. The summed E-state index contributed by atoms with van der Waals surface area (Å²) in [5.41, 5.74) is 7.18. The average molecular weight is 479 g/mol. The zero-order chi connectivity index (χ0) is 24.9. The normalized spacial score (nSPS) is 28.7. The monoisotopic (exact) mass is 478 g/mol. The Morgan fingerprint density at radius 2 is 1.53 bits per heavy atom. The minimum Gasteiger partial charge on any atom is -0.321 e. The molecule has 0 bridgehead atoms. The van der Waals surface area contributed by atoms with Crippen molar-refractivity contribution in [2.24, 2.45) is 17.8 Å². The topological polar surface area (TPSA) is 15.3 Å². The highest BCUT2D eigenvalue weighted by Crippen LogP contribution is 2.58. The molecule has 3 aliphatic rings. The molecule has 4 rings (SSSR count). The fraction of sp³-hybridized carbons (Fsp3) is 0.677. The summed E-state index contributed by atoms with van der Waals surface area (Å²) in [4.78, 5) is 0. The highest BCUT2D eigenvalue weighted by atomic mass is 28.3. The standard InChI is InChI=1S/C31H50N2Si/c1-10-22-20-28-26(23-18-24(30(2,3)4)21-25(19-23)31(5,6)7)12-11-13-27(28)29(22)34(8,9)33-16-14-32-15-17-33/h11-13,18-19,21-22,27-29,32H,10,14-17,20H2,1-9H3. The van der Waals surface area contributed by atoms with Crippen molar-refractivity contribution in [2.45, 2.75) is 90.8 Å². The second-order valence-electron chi connectivity index (χ2n) is 13.8. The number of nitrogens with zero attached hydrogens (tertiary/aromatic N) is 1. The van der Waals surface area contributed by atoms with E-state index in [4.69, 9.17) is 0 Å². The van der Waals surface area contributed by atoms with Crippen LogP contribution >= 0.6 is 0 Å². The van der Waals surface area contributed by atoms with E-state index in [2.05, 4.69) is 108 Å². The van der Waals surface area contributed by atoms with Crippen molar-refractivity contribution < 1.29 is 0 Å². The molecule has 2 nitrogen and oxygen atoms in total. The Kier molecular flexibility index (Phi) is 7.14. The molecule has 34 heavy (non-hydrogen) atoms. The van der Waals surface area contributed by atoms with E-state index in [1.165, 1.54) is 42.6 Å². The van der Waals surface area contributed by atoms with Crippen LogP contribution in [0.5, 0.6) is 0 Å². The van der Waals surface area contributed by atoms with E-state index in [0.29, 0.717) is 11.8 Å². The van der Waals surface area contributed by atoms with Crippen LogP contribution in [0.1, 0.15) is 78.0 Å². The van der Waals surface area contributed by atoms with Gasteiger partial charge in [-0.25, -0.2) is 0 Å². The maximum absolute atomic E-state index is 3.58. The quantitative estimate of drug-likeness (QED) is 0.454. The van der Waals surface area contributed by atoms with Crippen LogP contribution in [0, 0.1) is 17.8 Å². The Morgan fingerprint density at radius 1 is 0.941 bits per heavy atom. The van der Waals surface area contributed by atoms with E-state index < -0.39 is 8.24 Å². The van der Waals surface area contributed by atoms with Crippen LogP contribution < -0.4 is 5.32 Å². The molecule has 1 heterocycles. The lowest BCUT2D eigenvalue weighted by atomic mass is 9.75. The predicted octanol–water partition coefficient (Wildman–Crippen LogP) is 7.38. The van der Waals surface area contributed by atoms with Gasteiger partial charge in [-0.05, 0) is 62.8 Å². The van der Waals surface area contributed by atoms with Crippen molar-refractivity contribution in [3.8, 4) is 0 Å². The van der Waals surface area contributed by atoms with Crippen LogP contribution in [-0.4, -0.2) is 39.0 Å². The minimum atomic E-state index is -1.56. The lowest BCUT2D eigenvalue weighted by Crippen LogP contribution is -2.60. The number of rotatable bonds is 4. The largest absolute Gasteiger partial charge is 0.321 e. The van der Waals surface area contributed by atoms with Gasteiger partial charge < -0.3 is 9.88 Å². The Bertz CT molecular complexity index is 905. The fourth-order valence-corrected chi connectivity index (χ4v) is 11.7. The second kappa shape index (κ2) is 9.37. The first-order valence-electron chi connectivity index (χ1n) is 13.8. The number of allylic oxidation sites excluding steroid dienone is 4. The molecule has 0 aromatic heterocycles. The number of fused-ring (bicyclic) bond motifs is 1. The van der Waals surface area contributed by atoms with Gasteiger partial charge in [-0.3, -0.25) is 0 Å². The first-order chi connectivity index (χ1) is 15.8. The third-order valence-electron chi connectivity index (χ3n) is 9.22. The van der Waals surface area contributed by atoms with Gasteiger partial charge >= 0.3 is 0 Å². The van der Waals surface area contributed by atoms with Gasteiger partial charge in [0.1, 0.15) is 8.24 Å². The smallest absolute Gasteiger partial charge is 0.126 e. The fourth-order valence-electron chi connectivity index (χ4n) is 7.08. The van der Waals surface area contributed by atoms with Crippen molar-refractivity contribution >= 4 is 13.8 Å².